The zero-order valence-electron chi connectivity index (χ0n) is 22.4. The van der Waals surface area contributed by atoms with Crippen LogP contribution in [0.5, 0.6) is 11.5 Å². The Morgan fingerprint density at radius 3 is 2.56 bits per heavy atom. The third kappa shape index (κ3) is 7.55. The van der Waals surface area contributed by atoms with E-state index >= 15 is 0 Å². The summed E-state index contributed by atoms with van der Waals surface area (Å²) in [6.45, 7) is 3.51. The number of nitrogens with one attached hydrogen (secondary N) is 1. The highest BCUT2D eigenvalue weighted by Crippen LogP contribution is 2.35. The Bertz CT molecular complexity index is 1450. The maximum atomic E-state index is 13.2. The first-order valence-corrected chi connectivity index (χ1v) is 12.8. The summed E-state index contributed by atoms with van der Waals surface area (Å²) in [5, 5.41) is 8.63. The van der Waals surface area contributed by atoms with E-state index in [2.05, 4.69) is 25.3 Å². The highest BCUT2D eigenvalue weighted by molar-refractivity contribution is 6.31. The largest absolute Gasteiger partial charge is 0.493 e. The van der Waals surface area contributed by atoms with Crippen LogP contribution >= 0.6 is 11.6 Å². The Labute approximate surface area is 232 Å². The minimum atomic E-state index is -0.392. The van der Waals surface area contributed by atoms with E-state index < -0.39 is 5.82 Å². The van der Waals surface area contributed by atoms with Crippen molar-refractivity contribution < 1.29 is 18.7 Å². The van der Waals surface area contributed by atoms with Gasteiger partial charge in [0.1, 0.15) is 24.6 Å². The summed E-state index contributed by atoms with van der Waals surface area (Å²) in [7, 11) is 5.69. The summed E-state index contributed by atoms with van der Waals surface area (Å²) in [4.78, 5) is 16.4. The topological polar surface area (TPSA) is 81.1 Å². The fourth-order valence-electron chi connectivity index (χ4n) is 3.82. The van der Waals surface area contributed by atoms with E-state index in [1.807, 2.05) is 57.4 Å². The molecule has 0 saturated carbocycles. The van der Waals surface area contributed by atoms with E-state index in [9.17, 15) is 4.39 Å². The van der Waals surface area contributed by atoms with Gasteiger partial charge in [0, 0.05) is 29.2 Å². The fraction of sp³-hybridized carbons (Fsp3) is 0.276. The van der Waals surface area contributed by atoms with Gasteiger partial charge in [-0.25, -0.2) is 14.4 Å². The zero-order valence-corrected chi connectivity index (χ0v) is 23.1. The van der Waals surface area contributed by atoms with Crippen LogP contribution in [0.1, 0.15) is 24.5 Å². The van der Waals surface area contributed by atoms with Crippen molar-refractivity contribution in [3.63, 3.8) is 0 Å². The highest BCUT2D eigenvalue weighted by Gasteiger charge is 2.12. The number of benzene rings is 3. The summed E-state index contributed by atoms with van der Waals surface area (Å²) < 4.78 is 24.8. The molecule has 0 spiro atoms. The average molecular weight is 552 g/mol. The van der Waals surface area contributed by atoms with Crippen molar-refractivity contribution in [3.8, 4) is 11.5 Å². The number of methoxy groups -OCH3 is 1. The van der Waals surface area contributed by atoms with Crippen LogP contribution in [0.15, 0.2) is 66.1 Å². The smallest absolute Gasteiger partial charge is 0.163 e. The molecule has 0 aliphatic rings. The Balaban J connectivity index is 1.43. The third-order valence-electron chi connectivity index (χ3n) is 5.93. The van der Waals surface area contributed by atoms with Gasteiger partial charge in [0.2, 0.25) is 0 Å². The van der Waals surface area contributed by atoms with Gasteiger partial charge in [-0.2, -0.15) is 0 Å². The van der Waals surface area contributed by atoms with Gasteiger partial charge < -0.3 is 24.5 Å². The van der Waals surface area contributed by atoms with Gasteiger partial charge in [0.25, 0.3) is 0 Å². The number of aromatic nitrogens is 2. The maximum absolute atomic E-state index is 13.2. The first-order valence-electron chi connectivity index (χ1n) is 12.4. The quantitative estimate of drug-likeness (QED) is 0.123. The Kier molecular flexibility index (Phi) is 9.51. The van der Waals surface area contributed by atoms with Gasteiger partial charge in [-0.05, 0) is 63.3 Å². The van der Waals surface area contributed by atoms with E-state index in [0.29, 0.717) is 40.2 Å². The molecule has 1 aromatic heterocycles. The lowest BCUT2D eigenvalue weighted by Gasteiger charge is -2.15. The number of ether oxygens (including phenoxy) is 2. The predicted octanol–water partition coefficient (Wildman–Crippen LogP) is 6.45. The molecule has 8 nitrogen and oxygen atoms in total. The number of hydrogen-bond acceptors (Lipinski definition) is 8. The summed E-state index contributed by atoms with van der Waals surface area (Å²) in [5.41, 5.74) is 3.82. The normalized spacial score (nSPS) is 11.6. The molecule has 0 aliphatic carbocycles. The molecule has 39 heavy (non-hydrogen) atoms. The molecule has 0 aliphatic heterocycles. The zero-order chi connectivity index (χ0) is 27.8. The molecule has 0 bridgehead atoms. The minimum Gasteiger partial charge on any atom is -0.493 e. The number of rotatable bonds is 12. The molecule has 1 heterocycles. The van der Waals surface area contributed by atoms with Crippen LogP contribution < -0.4 is 14.8 Å². The molecule has 4 aromatic rings. The molecule has 0 amide bonds. The lowest BCUT2D eigenvalue weighted by Crippen LogP contribution is -2.15. The molecule has 0 radical (unpaired) electrons. The summed E-state index contributed by atoms with van der Waals surface area (Å²) in [6.07, 6.45) is 2.42. The number of oxime groups is 1. The maximum Gasteiger partial charge on any atom is 0.163 e. The lowest BCUT2D eigenvalue weighted by atomic mass is 10.1. The second-order valence-electron chi connectivity index (χ2n) is 9.14. The van der Waals surface area contributed by atoms with Gasteiger partial charge in [0.15, 0.2) is 11.5 Å². The number of halogens is 2. The monoisotopic (exact) mass is 551 g/mol. The molecule has 0 fully saturated rings. The van der Waals surface area contributed by atoms with E-state index in [0.717, 1.165) is 35.1 Å². The van der Waals surface area contributed by atoms with Crippen LogP contribution in [-0.4, -0.2) is 54.9 Å². The van der Waals surface area contributed by atoms with Crippen molar-refractivity contribution in [2.45, 2.75) is 20.0 Å². The molecule has 0 saturated heterocycles. The van der Waals surface area contributed by atoms with E-state index in [-0.39, 0.29) is 6.61 Å². The van der Waals surface area contributed by atoms with Gasteiger partial charge in [0.05, 0.1) is 30.0 Å². The van der Waals surface area contributed by atoms with Crippen LogP contribution in [0.25, 0.3) is 10.9 Å². The second-order valence-corrected chi connectivity index (χ2v) is 9.54. The third-order valence-corrected chi connectivity index (χ3v) is 6.28. The van der Waals surface area contributed by atoms with Crippen LogP contribution in [-0.2, 0) is 11.4 Å². The second kappa shape index (κ2) is 13.2. The first kappa shape index (κ1) is 28.1. The van der Waals surface area contributed by atoms with E-state index in [1.165, 1.54) is 18.5 Å². The number of nitrogens with zero attached hydrogens (tertiary/aromatic N) is 4. The van der Waals surface area contributed by atoms with Crippen molar-refractivity contribution >= 4 is 39.7 Å². The van der Waals surface area contributed by atoms with E-state index in [1.54, 1.807) is 13.2 Å². The van der Waals surface area contributed by atoms with Crippen LogP contribution in [0.2, 0.25) is 5.02 Å². The van der Waals surface area contributed by atoms with E-state index in [4.69, 9.17) is 25.9 Å². The standard InChI is InChI=1S/C29H31ClFN5O3/c1-19(35-39-17-21-6-9-22(31)14-25(21)30)20-7-10-23(11-8-20)34-29-24-15-27(37-4)28(16-26(24)32-18-33-29)38-13-5-12-36(2)3/h6-11,14-16,18H,5,12-13,17H2,1-4H3,(H,32,33,34). The van der Waals surface area contributed by atoms with Gasteiger partial charge in [-0.15, -0.1) is 0 Å². The number of hydrogen-bond donors (Lipinski definition) is 1. The highest BCUT2D eigenvalue weighted by atomic mass is 35.5. The van der Waals surface area contributed by atoms with Crippen molar-refractivity contribution in [2.24, 2.45) is 5.16 Å². The van der Waals surface area contributed by atoms with Gasteiger partial charge >= 0.3 is 0 Å². The summed E-state index contributed by atoms with van der Waals surface area (Å²) >= 11 is 6.04. The summed E-state index contributed by atoms with van der Waals surface area (Å²) in [6, 6.07) is 15.6. The molecule has 4 rings (SSSR count). The Morgan fingerprint density at radius 1 is 1.05 bits per heavy atom. The lowest BCUT2D eigenvalue weighted by molar-refractivity contribution is 0.130. The van der Waals surface area contributed by atoms with Crippen LogP contribution in [0.4, 0.5) is 15.9 Å². The van der Waals surface area contributed by atoms with Gasteiger partial charge in [-0.1, -0.05) is 35.0 Å². The summed E-state index contributed by atoms with van der Waals surface area (Å²) in [5.74, 6) is 1.53. The van der Waals surface area contributed by atoms with Crippen molar-refractivity contribution in [2.75, 3.05) is 39.7 Å². The molecule has 1 N–H and O–H groups in total. The van der Waals surface area contributed by atoms with Crippen molar-refractivity contribution in [1.29, 1.82) is 0 Å². The predicted molar refractivity (Wildman–Crippen MR) is 153 cm³/mol. The number of fused-ring (bicyclic) bond motifs is 1. The molecule has 0 atom stereocenters. The minimum absolute atomic E-state index is 0.142. The Morgan fingerprint density at radius 2 is 1.85 bits per heavy atom. The molecular formula is C29H31ClFN5O3. The average Bonchev–Trinajstić information content (AvgIpc) is 2.92. The first-order chi connectivity index (χ1) is 18.8. The molecule has 204 valence electrons. The fourth-order valence-corrected chi connectivity index (χ4v) is 4.04. The molecule has 3 aromatic carbocycles. The molecule has 10 heteroatoms. The van der Waals surface area contributed by atoms with Crippen molar-refractivity contribution in [1.82, 2.24) is 14.9 Å². The van der Waals surface area contributed by atoms with Crippen LogP contribution in [0.3, 0.4) is 0 Å². The van der Waals surface area contributed by atoms with Gasteiger partial charge in [-0.3, -0.25) is 0 Å². The number of anilines is 2. The van der Waals surface area contributed by atoms with Crippen molar-refractivity contribution in [3.05, 3.63) is 82.9 Å². The SMILES string of the molecule is COc1cc2c(Nc3ccc(C(C)=NOCc4ccc(F)cc4Cl)cc3)ncnc2cc1OCCCN(C)C. The Hall–Kier alpha value is -3.95. The van der Waals surface area contributed by atoms with Crippen LogP contribution in [0, 0.1) is 5.82 Å². The molecular weight excluding hydrogens is 521 g/mol. The molecule has 0 unspecified atom stereocenters.